The van der Waals surface area contributed by atoms with E-state index in [2.05, 4.69) is 20.9 Å². The molecule has 1 aromatic rings. The minimum atomic E-state index is 0.191. The summed E-state index contributed by atoms with van der Waals surface area (Å²) in [6.07, 6.45) is 2.07. The molecule has 1 aliphatic rings. The van der Waals surface area contributed by atoms with Crippen LogP contribution in [0, 0.1) is 5.92 Å². The van der Waals surface area contributed by atoms with Gasteiger partial charge in [-0.25, -0.2) is 4.98 Å². The molecule has 0 spiro atoms. The third-order valence-corrected chi connectivity index (χ3v) is 2.36. The Hall–Kier alpha value is -0.700. The second-order valence-corrected chi connectivity index (χ2v) is 3.80. The average Bonchev–Trinajstić information content (AvgIpc) is 2.85. The molecular formula is C9H8BrNO. The van der Waals surface area contributed by atoms with Gasteiger partial charge in [-0.15, -0.1) is 0 Å². The molecule has 12 heavy (non-hydrogen) atoms. The number of carbonyl (C=O) groups excluding carboxylic acids is 1. The van der Waals surface area contributed by atoms with Crippen molar-refractivity contribution in [3.8, 4) is 0 Å². The highest BCUT2D eigenvalue weighted by atomic mass is 79.9. The van der Waals surface area contributed by atoms with E-state index >= 15 is 0 Å². The number of hydrogen-bond acceptors (Lipinski definition) is 2. The van der Waals surface area contributed by atoms with Crippen molar-refractivity contribution < 1.29 is 4.79 Å². The Kier molecular flexibility index (Phi) is 1.97. The van der Waals surface area contributed by atoms with E-state index in [1.54, 1.807) is 6.07 Å². The molecule has 2 rings (SSSR count). The molecule has 0 N–H and O–H groups in total. The van der Waals surface area contributed by atoms with Gasteiger partial charge in [-0.05, 0) is 40.9 Å². The lowest BCUT2D eigenvalue weighted by atomic mass is 10.2. The molecule has 0 amide bonds. The Morgan fingerprint density at radius 3 is 2.83 bits per heavy atom. The van der Waals surface area contributed by atoms with Crippen LogP contribution in [0.2, 0.25) is 0 Å². The highest BCUT2D eigenvalue weighted by Gasteiger charge is 2.31. The maximum absolute atomic E-state index is 11.5. The van der Waals surface area contributed by atoms with Crippen molar-refractivity contribution >= 4 is 21.7 Å². The van der Waals surface area contributed by atoms with Crippen LogP contribution in [0.3, 0.4) is 0 Å². The number of hydrogen-bond donors (Lipinski definition) is 0. The predicted octanol–water partition coefficient (Wildman–Crippen LogP) is 2.44. The lowest BCUT2D eigenvalue weighted by molar-refractivity contribution is 0.0962. The first kappa shape index (κ1) is 7.92. The lowest BCUT2D eigenvalue weighted by Crippen LogP contribution is -2.03. The minimum absolute atomic E-state index is 0.191. The molecule has 0 unspecified atom stereocenters. The molecule has 3 heteroatoms. The second-order valence-electron chi connectivity index (χ2n) is 2.98. The molecule has 1 aromatic heterocycles. The minimum Gasteiger partial charge on any atom is -0.292 e. The van der Waals surface area contributed by atoms with Gasteiger partial charge in [-0.1, -0.05) is 6.07 Å². The van der Waals surface area contributed by atoms with E-state index in [1.807, 2.05) is 12.1 Å². The largest absolute Gasteiger partial charge is 0.292 e. The molecule has 0 aromatic carbocycles. The van der Waals surface area contributed by atoms with Crippen LogP contribution in [0.1, 0.15) is 23.3 Å². The van der Waals surface area contributed by atoms with Crippen LogP contribution in [-0.2, 0) is 0 Å². The molecular weight excluding hydrogens is 218 g/mol. The summed E-state index contributed by atoms with van der Waals surface area (Å²) in [5.41, 5.74) is 0.590. The van der Waals surface area contributed by atoms with Crippen LogP contribution in [0.4, 0.5) is 0 Å². The maximum Gasteiger partial charge on any atom is 0.184 e. The van der Waals surface area contributed by atoms with Crippen LogP contribution in [0.25, 0.3) is 0 Å². The van der Waals surface area contributed by atoms with E-state index < -0.39 is 0 Å². The van der Waals surface area contributed by atoms with Crippen molar-refractivity contribution in [2.75, 3.05) is 0 Å². The molecule has 1 aliphatic carbocycles. The summed E-state index contributed by atoms with van der Waals surface area (Å²) in [5.74, 6) is 0.447. The van der Waals surface area contributed by atoms with Gasteiger partial charge < -0.3 is 0 Å². The zero-order chi connectivity index (χ0) is 8.55. The van der Waals surface area contributed by atoms with E-state index in [0.29, 0.717) is 5.69 Å². The summed E-state index contributed by atoms with van der Waals surface area (Å²) in [6, 6.07) is 5.43. The van der Waals surface area contributed by atoms with Crippen molar-refractivity contribution in [1.29, 1.82) is 0 Å². The first-order chi connectivity index (χ1) is 5.77. The Balaban J connectivity index is 2.26. The van der Waals surface area contributed by atoms with Crippen LogP contribution in [0.5, 0.6) is 0 Å². The van der Waals surface area contributed by atoms with E-state index in [0.717, 1.165) is 17.4 Å². The summed E-state index contributed by atoms with van der Waals surface area (Å²) in [7, 11) is 0. The predicted molar refractivity (Wildman–Crippen MR) is 49.0 cm³/mol. The molecule has 1 fully saturated rings. The Bertz CT molecular complexity index is 320. The van der Waals surface area contributed by atoms with E-state index in [4.69, 9.17) is 0 Å². The number of nitrogens with zero attached hydrogens (tertiary/aromatic N) is 1. The number of carbonyl (C=O) groups is 1. The van der Waals surface area contributed by atoms with Crippen molar-refractivity contribution in [2.45, 2.75) is 12.8 Å². The molecule has 1 heterocycles. The molecule has 0 atom stereocenters. The topological polar surface area (TPSA) is 30.0 Å². The van der Waals surface area contributed by atoms with Crippen molar-refractivity contribution in [1.82, 2.24) is 4.98 Å². The number of aromatic nitrogens is 1. The van der Waals surface area contributed by atoms with Gasteiger partial charge in [0.1, 0.15) is 10.3 Å². The quantitative estimate of drug-likeness (QED) is 0.572. The molecule has 0 aliphatic heterocycles. The normalized spacial score (nSPS) is 16.1. The third-order valence-electron chi connectivity index (χ3n) is 1.92. The van der Waals surface area contributed by atoms with Crippen molar-refractivity contribution in [2.24, 2.45) is 5.92 Å². The molecule has 62 valence electrons. The number of halogens is 1. The van der Waals surface area contributed by atoms with Gasteiger partial charge in [-0.3, -0.25) is 4.79 Å². The van der Waals surface area contributed by atoms with Crippen molar-refractivity contribution in [3.63, 3.8) is 0 Å². The zero-order valence-corrected chi connectivity index (χ0v) is 8.04. The third kappa shape index (κ3) is 1.55. The molecule has 0 saturated heterocycles. The standard InChI is InChI=1S/C9H8BrNO/c10-8-3-1-2-7(11-8)9(12)6-4-5-6/h1-3,6H,4-5H2. The monoisotopic (exact) mass is 225 g/mol. The fourth-order valence-electron chi connectivity index (χ4n) is 1.10. The number of ketones is 1. The Labute approximate surface area is 79.1 Å². The van der Waals surface area contributed by atoms with Crippen LogP contribution >= 0.6 is 15.9 Å². The SMILES string of the molecule is O=C(c1cccc(Br)n1)C1CC1. The lowest BCUT2D eigenvalue weighted by Gasteiger charge is -1.96. The van der Waals surface area contributed by atoms with Gasteiger partial charge in [-0.2, -0.15) is 0 Å². The van der Waals surface area contributed by atoms with Crippen LogP contribution < -0.4 is 0 Å². The maximum atomic E-state index is 11.5. The summed E-state index contributed by atoms with van der Waals surface area (Å²) in [4.78, 5) is 15.6. The van der Waals surface area contributed by atoms with Crippen LogP contribution in [-0.4, -0.2) is 10.8 Å². The fourth-order valence-corrected chi connectivity index (χ4v) is 1.44. The first-order valence-electron chi connectivity index (χ1n) is 3.94. The van der Waals surface area contributed by atoms with Gasteiger partial charge >= 0.3 is 0 Å². The molecule has 0 radical (unpaired) electrons. The smallest absolute Gasteiger partial charge is 0.184 e. The van der Waals surface area contributed by atoms with Gasteiger partial charge in [0.15, 0.2) is 5.78 Å². The molecule has 1 saturated carbocycles. The van der Waals surface area contributed by atoms with Crippen molar-refractivity contribution in [3.05, 3.63) is 28.5 Å². The molecule has 0 bridgehead atoms. The van der Waals surface area contributed by atoms with E-state index in [1.165, 1.54) is 0 Å². The first-order valence-corrected chi connectivity index (χ1v) is 4.73. The molecule has 2 nitrogen and oxygen atoms in total. The van der Waals surface area contributed by atoms with E-state index in [9.17, 15) is 4.79 Å². The van der Waals surface area contributed by atoms with Gasteiger partial charge in [0, 0.05) is 5.92 Å². The summed E-state index contributed by atoms with van der Waals surface area (Å²) < 4.78 is 0.731. The Morgan fingerprint density at radius 1 is 1.50 bits per heavy atom. The Morgan fingerprint density at radius 2 is 2.25 bits per heavy atom. The van der Waals surface area contributed by atoms with E-state index in [-0.39, 0.29) is 11.7 Å². The number of Topliss-reactive ketones (excluding diaryl/α,β-unsaturated/α-hetero) is 1. The zero-order valence-electron chi connectivity index (χ0n) is 6.46. The summed E-state index contributed by atoms with van der Waals surface area (Å²) in [6.45, 7) is 0. The highest BCUT2D eigenvalue weighted by molar-refractivity contribution is 9.10. The summed E-state index contributed by atoms with van der Waals surface area (Å²) >= 11 is 3.24. The number of rotatable bonds is 2. The fraction of sp³-hybridized carbons (Fsp3) is 0.333. The highest BCUT2D eigenvalue weighted by Crippen LogP contribution is 2.32. The van der Waals surface area contributed by atoms with Gasteiger partial charge in [0.2, 0.25) is 0 Å². The summed E-state index contributed by atoms with van der Waals surface area (Å²) in [5, 5.41) is 0. The second kappa shape index (κ2) is 2.98. The van der Waals surface area contributed by atoms with Gasteiger partial charge in [0.25, 0.3) is 0 Å². The van der Waals surface area contributed by atoms with Crippen LogP contribution in [0.15, 0.2) is 22.8 Å². The number of pyridine rings is 1. The van der Waals surface area contributed by atoms with Gasteiger partial charge in [0.05, 0.1) is 0 Å². The average molecular weight is 226 g/mol.